The Hall–Kier alpha value is -3.00. The van der Waals surface area contributed by atoms with Crippen molar-refractivity contribution >= 4 is 38.4 Å². The molecular formula is C17H13BrN6O. The van der Waals surface area contributed by atoms with Crippen LogP contribution < -0.4 is 5.32 Å². The van der Waals surface area contributed by atoms with Crippen molar-refractivity contribution in [2.75, 3.05) is 5.32 Å². The summed E-state index contributed by atoms with van der Waals surface area (Å²) in [6, 6.07) is 11.0. The second-order valence-electron chi connectivity index (χ2n) is 5.38. The van der Waals surface area contributed by atoms with E-state index in [2.05, 4.69) is 36.4 Å². The van der Waals surface area contributed by atoms with E-state index in [-0.39, 0.29) is 5.91 Å². The van der Waals surface area contributed by atoms with Gasteiger partial charge in [-0.2, -0.15) is 10.2 Å². The highest BCUT2D eigenvalue weighted by molar-refractivity contribution is 9.10. The zero-order valence-electron chi connectivity index (χ0n) is 13.0. The highest BCUT2D eigenvalue weighted by atomic mass is 79.9. The molecule has 0 unspecified atom stereocenters. The Labute approximate surface area is 151 Å². The predicted octanol–water partition coefficient (Wildman–Crippen LogP) is 3.15. The summed E-state index contributed by atoms with van der Waals surface area (Å²) in [6.45, 7) is 0.447. The van der Waals surface area contributed by atoms with Gasteiger partial charge in [0.25, 0.3) is 5.91 Å². The third-order valence-electron chi connectivity index (χ3n) is 3.69. The van der Waals surface area contributed by atoms with Gasteiger partial charge in [0.1, 0.15) is 6.67 Å². The van der Waals surface area contributed by atoms with Crippen LogP contribution in [0.25, 0.3) is 10.9 Å². The molecule has 3 aromatic heterocycles. The number of carbonyl (C=O) groups is 1. The fraction of sp³-hybridized carbons (Fsp3) is 0.0588. The summed E-state index contributed by atoms with van der Waals surface area (Å²) in [6.07, 6.45) is 6.97. The number of aromatic nitrogens is 5. The molecule has 0 radical (unpaired) electrons. The van der Waals surface area contributed by atoms with Crippen molar-refractivity contribution in [2.45, 2.75) is 6.67 Å². The zero-order chi connectivity index (χ0) is 17.2. The molecule has 4 aromatic rings. The molecule has 1 amide bonds. The molecule has 0 fully saturated rings. The Kier molecular flexibility index (Phi) is 4.02. The Morgan fingerprint density at radius 1 is 1.08 bits per heavy atom. The van der Waals surface area contributed by atoms with Gasteiger partial charge in [-0.3, -0.25) is 19.1 Å². The van der Waals surface area contributed by atoms with E-state index in [1.54, 1.807) is 34.0 Å². The molecular weight excluding hydrogens is 384 g/mol. The minimum Gasteiger partial charge on any atom is -0.319 e. The van der Waals surface area contributed by atoms with Crippen LogP contribution in [0.1, 0.15) is 10.5 Å². The van der Waals surface area contributed by atoms with Crippen molar-refractivity contribution < 1.29 is 4.79 Å². The monoisotopic (exact) mass is 396 g/mol. The average molecular weight is 397 g/mol. The van der Waals surface area contributed by atoms with Crippen molar-refractivity contribution in [3.63, 3.8) is 0 Å². The maximum atomic E-state index is 12.5. The first kappa shape index (κ1) is 15.5. The van der Waals surface area contributed by atoms with Gasteiger partial charge in [-0.1, -0.05) is 22.0 Å². The van der Waals surface area contributed by atoms with E-state index in [1.165, 1.54) is 0 Å². The number of nitrogens with zero attached hydrogens (tertiary/aromatic N) is 5. The minimum absolute atomic E-state index is 0.284. The van der Waals surface area contributed by atoms with Gasteiger partial charge >= 0.3 is 0 Å². The van der Waals surface area contributed by atoms with Crippen molar-refractivity contribution in [3.05, 3.63) is 71.4 Å². The number of pyridine rings is 1. The molecule has 3 heterocycles. The molecule has 0 spiro atoms. The maximum absolute atomic E-state index is 12.5. The van der Waals surface area contributed by atoms with E-state index >= 15 is 0 Å². The van der Waals surface area contributed by atoms with Crippen molar-refractivity contribution in [1.29, 1.82) is 0 Å². The topological polar surface area (TPSA) is 77.6 Å². The number of hydrogen-bond donors (Lipinski definition) is 1. The van der Waals surface area contributed by atoms with E-state index in [0.717, 1.165) is 15.4 Å². The molecule has 0 aliphatic heterocycles. The summed E-state index contributed by atoms with van der Waals surface area (Å²) in [4.78, 5) is 16.9. The molecule has 4 rings (SSSR count). The number of benzene rings is 1. The van der Waals surface area contributed by atoms with E-state index in [0.29, 0.717) is 18.1 Å². The third-order valence-corrected chi connectivity index (χ3v) is 4.38. The number of amides is 1. The molecule has 7 nitrogen and oxygen atoms in total. The van der Waals surface area contributed by atoms with Gasteiger partial charge in [0.2, 0.25) is 0 Å². The van der Waals surface area contributed by atoms with Crippen LogP contribution in [0.3, 0.4) is 0 Å². The molecule has 8 heteroatoms. The number of fused-ring (bicyclic) bond motifs is 1. The lowest BCUT2D eigenvalue weighted by Gasteiger charge is -2.08. The smallest absolute Gasteiger partial charge is 0.276 e. The fourth-order valence-corrected chi connectivity index (χ4v) is 2.97. The first-order chi connectivity index (χ1) is 12.2. The fourth-order valence-electron chi connectivity index (χ4n) is 2.52. The highest BCUT2D eigenvalue weighted by Gasteiger charge is 2.13. The quantitative estimate of drug-likeness (QED) is 0.574. The molecule has 1 aromatic carbocycles. The molecule has 0 atom stereocenters. The standard InChI is InChI=1S/C17H13BrN6O/c18-13-4-5-14(16-12(13)3-1-7-19-16)21-17(25)15-6-10-24(22-15)11-23-9-2-8-20-23/h1-10H,11H2,(H,21,25). The molecule has 1 N–H and O–H groups in total. The van der Waals surface area contributed by atoms with Crippen molar-refractivity contribution in [1.82, 2.24) is 24.5 Å². The number of anilines is 1. The molecule has 0 saturated heterocycles. The van der Waals surface area contributed by atoms with Gasteiger partial charge in [0.05, 0.1) is 11.2 Å². The van der Waals surface area contributed by atoms with Crippen LogP contribution in [-0.2, 0) is 6.67 Å². The van der Waals surface area contributed by atoms with Crippen LogP contribution in [0.2, 0.25) is 0 Å². The Morgan fingerprint density at radius 3 is 2.84 bits per heavy atom. The lowest BCUT2D eigenvalue weighted by Crippen LogP contribution is -2.15. The number of nitrogens with one attached hydrogen (secondary N) is 1. The Morgan fingerprint density at radius 2 is 2.00 bits per heavy atom. The van der Waals surface area contributed by atoms with E-state index < -0.39 is 0 Å². The van der Waals surface area contributed by atoms with Crippen LogP contribution in [0.15, 0.2) is 65.7 Å². The first-order valence-corrected chi connectivity index (χ1v) is 8.35. The molecule has 124 valence electrons. The summed E-state index contributed by atoms with van der Waals surface area (Å²) in [7, 11) is 0. The molecule has 0 aliphatic rings. The second kappa shape index (κ2) is 6.48. The minimum atomic E-state index is -0.284. The van der Waals surface area contributed by atoms with Gasteiger partial charge in [0.15, 0.2) is 5.69 Å². The van der Waals surface area contributed by atoms with Crippen LogP contribution in [0.4, 0.5) is 5.69 Å². The average Bonchev–Trinajstić information content (AvgIpc) is 3.30. The highest BCUT2D eigenvalue weighted by Crippen LogP contribution is 2.28. The normalized spacial score (nSPS) is 10.9. The van der Waals surface area contributed by atoms with Gasteiger partial charge in [-0.05, 0) is 30.3 Å². The number of rotatable bonds is 4. The SMILES string of the molecule is O=C(Nc1ccc(Br)c2cccnc12)c1ccn(Cn2cccn2)n1. The summed E-state index contributed by atoms with van der Waals surface area (Å²) in [5.74, 6) is -0.284. The van der Waals surface area contributed by atoms with Gasteiger partial charge in [0, 0.05) is 34.6 Å². The van der Waals surface area contributed by atoms with Crippen molar-refractivity contribution in [2.24, 2.45) is 0 Å². The lowest BCUT2D eigenvalue weighted by molar-refractivity contribution is 0.102. The number of carbonyl (C=O) groups excluding carboxylic acids is 1. The largest absolute Gasteiger partial charge is 0.319 e. The van der Waals surface area contributed by atoms with Crippen LogP contribution in [0, 0.1) is 0 Å². The third kappa shape index (κ3) is 3.16. The molecule has 0 saturated carbocycles. The second-order valence-corrected chi connectivity index (χ2v) is 6.23. The maximum Gasteiger partial charge on any atom is 0.276 e. The Balaban J connectivity index is 1.57. The molecule has 0 aliphatic carbocycles. The van der Waals surface area contributed by atoms with Crippen LogP contribution >= 0.6 is 15.9 Å². The van der Waals surface area contributed by atoms with Crippen LogP contribution in [0.5, 0.6) is 0 Å². The van der Waals surface area contributed by atoms with Crippen LogP contribution in [-0.4, -0.2) is 30.5 Å². The zero-order valence-corrected chi connectivity index (χ0v) is 14.6. The van der Waals surface area contributed by atoms with Crippen molar-refractivity contribution in [3.8, 4) is 0 Å². The predicted molar refractivity (Wildman–Crippen MR) is 97.2 cm³/mol. The molecule has 25 heavy (non-hydrogen) atoms. The first-order valence-electron chi connectivity index (χ1n) is 7.56. The summed E-state index contributed by atoms with van der Waals surface area (Å²) >= 11 is 3.50. The summed E-state index contributed by atoms with van der Waals surface area (Å²) in [5, 5.41) is 12.2. The van der Waals surface area contributed by atoms with Gasteiger partial charge in [-0.25, -0.2) is 0 Å². The van der Waals surface area contributed by atoms with Gasteiger partial charge in [-0.15, -0.1) is 0 Å². The van der Waals surface area contributed by atoms with Gasteiger partial charge < -0.3 is 5.32 Å². The summed E-state index contributed by atoms with van der Waals surface area (Å²) in [5.41, 5.74) is 1.70. The van der Waals surface area contributed by atoms with E-state index in [4.69, 9.17) is 0 Å². The Bertz CT molecular complexity index is 1040. The number of hydrogen-bond acceptors (Lipinski definition) is 4. The molecule has 0 bridgehead atoms. The summed E-state index contributed by atoms with van der Waals surface area (Å²) < 4.78 is 4.30. The number of halogens is 1. The van der Waals surface area contributed by atoms with E-state index in [9.17, 15) is 4.79 Å². The van der Waals surface area contributed by atoms with E-state index in [1.807, 2.05) is 36.5 Å². The lowest BCUT2D eigenvalue weighted by atomic mass is 10.2.